The summed E-state index contributed by atoms with van der Waals surface area (Å²) in [5, 5.41) is 20.9. The summed E-state index contributed by atoms with van der Waals surface area (Å²) in [5.41, 5.74) is 4.84. The van der Waals surface area contributed by atoms with E-state index in [0.717, 1.165) is 0 Å². The van der Waals surface area contributed by atoms with Crippen LogP contribution in [0, 0.1) is 0 Å². The minimum Gasteiger partial charge on any atom is -0.481 e. The van der Waals surface area contributed by atoms with Gasteiger partial charge in [-0.05, 0) is 41.1 Å². The number of rotatable bonds is 5. The van der Waals surface area contributed by atoms with E-state index in [4.69, 9.17) is 10.8 Å². The van der Waals surface area contributed by atoms with Crippen LogP contribution in [0.1, 0.15) is 23.7 Å². The van der Waals surface area contributed by atoms with Gasteiger partial charge in [0.15, 0.2) is 0 Å². The molecule has 0 aliphatic rings. The number of hydrogen-bond acceptors (Lipinski definition) is 4. The topological polar surface area (TPSA) is 113 Å². The molecule has 0 aromatic heterocycles. The van der Waals surface area contributed by atoms with Crippen molar-refractivity contribution < 1.29 is 19.8 Å². The van der Waals surface area contributed by atoms with Crippen LogP contribution in [-0.2, 0) is 4.79 Å². The first kappa shape index (κ1) is 15.5. The molecule has 0 spiro atoms. The second-order valence-corrected chi connectivity index (χ2v) is 5.34. The van der Waals surface area contributed by atoms with Crippen LogP contribution in [0.5, 0.6) is 0 Å². The van der Waals surface area contributed by atoms with Crippen molar-refractivity contribution in [2.75, 3.05) is 12.3 Å². The number of benzene rings is 1. The number of nitrogen functional groups attached to an aromatic ring is 1. The Balaban J connectivity index is 2.70. The number of carboxylic acid groups (broad SMARTS) is 1. The van der Waals surface area contributed by atoms with Gasteiger partial charge in [0.25, 0.3) is 5.91 Å². The zero-order valence-electron chi connectivity index (χ0n) is 10.3. The van der Waals surface area contributed by atoms with E-state index in [9.17, 15) is 14.7 Å². The minimum absolute atomic E-state index is 0.167. The molecule has 7 heteroatoms. The molecule has 0 fully saturated rings. The summed E-state index contributed by atoms with van der Waals surface area (Å²) >= 11 is 3.22. The average molecular weight is 331 g/mol. The van der Waals surface area contributed by atoms with Crippen LogP contribution in [-0.4, -0.2) is 34.2 Å². The van der Waals surface area contributed by atoms with Gasteiger partial charge < -0.3 is 21.3 Å². The maximum absolute atomic E-state index is 11.9. The van der Waals surface area contributed by atoms with Gasteiger partial charge in [-0.25, -0.2) is 0 Å². The summed E-state index contributed by atoms with van der Waals surface area (Å²) in [6.45, 7) is 1.18. The third-order valence-electron chi connectivity index (χ3n) is 2.40. The molecule has 0 heterocycles. The predicted octanol–water partition coefficient (Wildman–Crippen LogP) is 0.987. The normalized spacial score (nSPS) is 13.6. The van der Waals surface area contributed by atoms with E-state index in [0.29, 0.717) is 15.7 Å². The van der Waals surface area contributed by atoms with Crippen molar-refractivity contribution in [3.8, 4) is 0 Å². The molecule has 0 aliphatic heterocycles. The van der Waals surface area contributed by atoms with Crippen molar-refractivity contribution >= 4 is 33.5 Å². The largest absolute Gasteiger partial charge is 0.481 e. The number of nitrogens with one attached hydrogen (secondary N) is 1. The summed E-state index contributed by atoms with van der Waals surface area (Å²) in [4.78, 5) is 22.4. The Morgan fingerprint density at radius 2 is 2.11 bits per heavy atom. The molecule has 1 rings (SSSR count). The van der Waals surface area contributed by atoms with Crippen LogP contribution in [0.25, 0.3) is 0 Å². The van der Waals surface area contributed by atoms with Crippen molar-refractivity contribution in [2.24, 2.45) is 0 Å². The van der Waals surface area contributed by atoms with Gasteiger partial charge in [-0.15, -0.1) is 0 Å². The van der Waals surface area contributed by atoms with E-state index in [-0.39, 0.29) is 6.54 Å². The van der Waals surface area contributed by atoms with Crippen LogP contribution >= 0.6 is 15.9 Å². The van der Waals surface area contributed by atoms with Crippen molar-refractivity contribution in [3.05, 3.63) is 28.2 Å². The lowest BCUT2D eigenvalue weighted by molar-refractivity contribution is -0.141. The molecule has 1 amide bonds. The Labute approximate surface area is 118 Å². The van der Waals surface area contributed by atoms with Crippen molar-refractivity contribution in [3.63, 3.8) is 0 Å². The Morgan fingerprint density at radius 1 is 1.47 bits per heavy atom. The van der Waals surface area contributed by atoms with E-state index < -0.39 is 23.9 Å². The van der Waals surface area contributed by atoms with Crippen molar-refractivity contribution in [2.45, 2.75) is 18.9 Å². The number of amides is 1. The third kappa shape index (κ3) is 4.88. The highest BCUT2D eigenvalue weighted by molar-refractivity contribution is 9.10. The van der Waals surface area contributed by atoms with Gasteiger partial charge >= 0.3 is 5.97 Å². The monoisotopic (exact) mass is 330 g/mol. The summed E-state index contributed by atoms with van der Waals surface area (Å²) in [7, 11) is 0. The number of aliphatic hydroxyl groups is 1. The predicted molar refractivity (Wildman–Crippen MR) is 73.8 cm³/mol. The number of carbonyl (C=O) groups is 2. The molecule has 1 aromatic rings. The fourth-order valence-corrected chi connectivity index (χ4v) is 1.90. The standard InChI is InChI=1S/C12H15BrN2O4/c1-12(19,5-10(16)17)6-15-11(18)8-4-7(14)2-3-9(8)13/h2-4,19H,5-6,14H2,1H3,(H,15,18)(H,16,17). The molecule has 0 bridgehead atoms. The van der Waals surface area contributed by atoms with Gasteiger partial charge in [-0.3, -0.25) is 9.59 Å². The zero-order chi connectivity index (χ0) is 14.6. The van der Waals surface area contributed by atoms with Gasteiger partial charge in [-0.2, -0.15) is 0 Å². The lowest BCUT2D eigenvalue weighted by Crippen LogP contribution is -2.42. The van der Waals surface area contributed by atoms with E-state index in [2.05, 4.69) is 21.2 Å². The van der Waals surface area contributed by atoms with Gasteiger partial charge in [0.2, 0.25) is 0 Å². The van der Waals surface area contributed by atoms with E-state index in [1.807, 2.05) is 0 Å². The summed E-state index contributed by atoms with van der Waals surface area (Å²) in [6.07, 6.45) is -0.453. The number of aliphatic carboxylic acids is 1. The summed E-state index contributed by atoms with van der Waals surface area (Å²) in [5.74, 6) is -1.57. The summed E-state index contributed by atoms with van der Waals surface area (Å²) in [6, 6.07) is 4.77. The Kier molecular flexibility index (Phi) is 4.90. The summed E-state index contributed by atoms with van der Waals surface area (Å²) < 4.78 is 0.567. The molecule has 5 N–H and O–H groups in total. The smallest absolute Gasteiger partial charge is 0.306 e. The molecule has 1 aromatic carbocycles. The lowest BCUT2D eigenvalue weighted by Gasteiger charge is -2.21. The van der Waals surface area contributed by atoms with E-state index >= 15 is 0 Å². The highest BCUT2D eigenvalue weighted by Gasteiger charge is 2.25. The molecule has 0 radical (unpaired) electrons. The number of anilines is 1. The van der Waals surface area contributed by atoms with Gasteiger partial charge in [-0.1, -0.05) is 0 Å². The Hall–Kier alpha value is -1.60. The average Bonchev–Trinajstić information content (AvgIpc) is 2.27. The fraction of sp³-hybridized carbons (Fsp3) is 0.333. The quantitative estimate of drug-likeness (QED) is 0.601. The highest BCUT2D eigenvalue weighted by atomic mass is 79.9. The number of nitrogens with two attached hydrogens (primary N) is 1. The molecule has 0 saturated heterocycles. The fourth-order valence-electron chi connectivity index (χ4n) is 1.47. The Bertz CT molecular complexity index is 503. The Morgan fingerprint density at radius 3 is 2.68 bits per heavy atom. The van der Waals surface area contributed by atoms with Gasteiger partial charge in [0.1, 0.15) is 0 Å². The SMILES string of the molecule is CC(O)(CNC(=O)c1cc(N)ccc1Br)CC(=O)O. The highest BCUT2D eigenvalue weighted by Crippen LogP contribution is 2.19. The number of halogens is 1. The third-order valence-corrected chi connectivity index (χ3v) is 3.09. The first-order valence-corrected chi connectivity index (χ1v) is 6.28. The maximum atomic E-state index is 11.9. The van der Waals surface area contributed by atoms with E-state index in [1.165, 1.54) is 13.0 Å². The first-order chi connectivity index (χ1) is 8.71. The second kappa shape index (κ2) is 6.03. The van der Waals surface area contributed by atoms with Gasteiger partial charge in [0, 0.05) is 16.7 Å². The molecule has 6 nitrogen and oxygen atoms in total. The number of carbonyl (C=O) groups excluding carboxylic acids is 1. The van der Waals surface area contributed by atoms with Gasteiger partial charge in [0.05, 0.1) is 17.6 Å². The molecular formula is C12H15BrN2O4. The molecule has 0 saturated carbocycles. The second-order valence-electron chi connectivity index (χ2n) is 4.49. The molecule has 1 unspecified atom stereocenters. The maximum Gasteiger partial charge on any atom is 0.306 e. The minimum atomic E-state index is -1.51. The molecule has 0 aliphatic carbocycles. The lowest BCUT2D eigenvalue weighted by atomic mass is 10.0. The first-order valence-electron chi connectivity index (χ1n) is 5.49. The van der Waals surface area contributed by atoms with Crippen LogP contribution in [0.15, 0.2) is 22.7 Å². The van der Waals surface area contributed by atoms with Crippen LogP contribution in [0.4, 0.5) is 5.69 Å². The molecular weight excluding hydrogens is 316 g/mol. The van der Waals surface area contributed by atoms with E-state index in [1.54, 1.807) is 12.1 Å². The zero-order valence-corrected chi connectivity index (χ0v) is 11.9. The molecule has 19 heavy (non-hydrogen) atoms. The molecule has 1 atom stereocenters. The number of hydrogen-bond donors (Lipinski definition) is 4. The van der Waals surface area contributed by atoms with Crippen LogP contribution in [0.3, 0.4) is 0 Å². The number of carboxylic acids is 1. The van der Waals surface area contributed by atoms with Crippen molar-refractivity contribution in [1.82, 2.24) is 5.32 Å². The van der Waals surface area contributed by atoms with Crippen molar-refractivity contribution in [1.29, 1.82) is 0 Å². The van der Waals surface area contributed by atoms with Crippen LogP contribution < -0.4 is 11.1 Å². The molecule has 104 valence electrons. The van der Waals surface area contributed by atoms with Crippen LogP contribution in [0.2, 0.25) is 0 Å².